The summed E-state index contributed by atoms with van der Waals surface area (Å²) in [5.74, 6) is -0.0171. The van der Waals surface area contributed by atoms with E-state index >= 15 is 0 Å². The number of hydrogen-bond donors (Lipinski definition) is 2. The van der Waals surface area contributed by atoms with E-state index in [1.165, 1.54) is 0 Å². The summed E-state index contributed by atoms with van der Waals surface area (Å²) >= 11 is 0. The van der Waals surface area contributed by atoms with Crippen molar-refractivity contribution >= 4 is 5.78 Å². The van der Waals surface area contributed by atoms with Crippen LogP contribution in [0.3, 0.4) is 0 Å². The summed E-state index contributed by atoms with van der Waals surface area (Å²) in [6, 6.07) is 0. The van der Waals surface area contributed by atoms with Crippen molar-refractivity contribution in [1.82, 2.24) is 0 Å². The number of aliphatic hydroxyl groups excluding tert-OH is 2. The molecule has 0 unspecified atom stereocenters. The largest absolute Gasteiger partial charge is 0.394 e. The lowest BCUT2D eigenvalue weighted by molar-refractivity contribution is -0.121. The van der Waals surface area contributed by atoms with Crippen LogP contribution in [0.15, 0.2) is 0 Å². The van der Waals surface area contributed by atoms with Gasteiger partial charge in [-0.2, -0.15) is 0 Å². The second kappa shape index (κ2) is 4.47. The van der Waals surface area contributed by atoms with Gasteiger partial charge in [0.2, 0.25) is 0 Å². The number of aliphatic hydroxyl groups is 2. The second-order valence-electron chi connectivity index (χ2n) is 1.93. The summed E-state index contributed by atoms with van der Waals surface area (Å²) in [7, 11) is 0. The lowest BCUT2D eigenvalue weighted by Crippen LogP contribution is -2.16. The molecule has 0 aliphatic carbocycles. The molecule has 0 amide bonds. The normalized spacial score (nSPS) is 13.2. The first-order chi connectivity index (χ1) is 4.20. The molecule has 3 heteroatoms. The fraction of sp³-hybridized carbons (Fsp3) is 0.833. The molecular weight excluding hydrogens is 120 g/mol. The van der Waals surface area contributed by atoms with Crippen molar-refractivity contribution in [1.29, 1.82) is 0 Å². The minimum Gasteiger partial charge on any atom is -0.394 e. The quantitative estimate of drug-likeness (QED) is 0.552. The van der Waals surface area contributed by atoms with E-state index in [1.54, 1.807) is 6.92 Å². The molecule has 0 aromatic heterocycles. The highest BCUT2D eigenvalue weighted by atomic mass is 16.3. The summed E-state index contributed by atoms with van der Waals surface area (Å²) in [4.78, 5) is 10.5. The zero-order chi connectivity index (χ0) is 7.28. The van der Waals surface area contributed by atoms with E-state index in [0.717, 1.165) is 0 Å². The molecular formula is C6H12O3. The van der Waals surface area contributed by atoms with Crippen LogP contribution < -0.4 is 0 Å². The first kappa shape index (κ1) is 8.59. The molecule has 0 saturated carbocycles. The van der Waals surface area contributed by atoms with Crippen molar-refractivity contribution in [3.05, 3.63) is 0 Å². The van der Waals surface area contributed by atoms with Crippen LogP contribution in [0.4, 0.5) is 0 Å². The fourth-order valence-electron chi connectivity index (χ4n) is 0.472. The zero-order valence-electron chi connectivity index (χ0n) is 5.50. The van der Waals surface area contributed by atoms with Gasteiger partial charge >= 0.3 is 0 Å². The van der Waals surface area contributed by atoms with E-state index in [4.69, 9.17) is 10.2 Å². The Bertz CT molecular complexity index is 90.3. The molecule has 0 aliphatic rings. The third-order valence-corrected chi connectivity index (χ3v) is 1.07. The molecule has 0 radical (unpaired) electrons. The molecule has 1 atom stereocenters. The molecule has 0 fully saturated rings. The second-order valence-corrected chi connectivity index (χ2v) is 1.93. The minimum absolute atomic E-state index is 0.0171. The highest BCUT2D eigenvalue weighted by Gasteiger charge is 2.06. The van der Waals surface area contributed by atoms with Gasteiger partial charge in [-0.05, 0) is 0 Å². The summed E-state index contributed by atoms with van der Waals surface area (Å²) < 4.78 is 0. The van der Waals surface area contributed by atoms with E-state index in [9.17, 15) is 4.79 Å². The van der Waals surface area contributed by atoms with Crippen molar-refractivity contribution in [2.45, 2.75) is 25.9 Å². The molecule has 0 aromatic carbocycles. The molecule has 3 nitrogen and oxygen atoms in total. The van der Waals surface area contributed by atoms with E-state index in [0.29, 0.717) is 6.42 Å². The molecule has 0 saturated heterocycles. The van der Waals surface area contributed by atoms with Gasteiger partial charge in [0.25, 0.3) is 0 Å². The van der Waals surface area contributed by atoms with Crippen molar-refractivity contribution < 1.29 is 15.0 Å². The number of rotatable bonds is 4. The summed E-state index contributed by atoms with van der Waals surface area (Å²) in [6.45, 7) is 1.40. The molecule has 9 heavy (non-hydrogen) atoms. The summed E-state index contributed by atoms with van der Waals surface area (Å²) in [5, 5.41) is 17.0. The van der Waals surface area contributed by atoms with Gasteiger partial charge in [0, 0.05) is 12.8 Å². The van der Waals surface area contributed by atoms with E-state index in [-0.39, 0.29) is 18.8 Å². The number of Topliss-reactive ketones (excluding diaryl/α,β-unsaturated/α-hetero) is 1. The van der Waals surface area contributed by atoms with Crippen LogP contribution in [0.5, 0.6) is 0 Å². The number of ketones is 1. The van der Waals surface area contributed by atoms with Crippen molar-refractivity contribution in [3.63, 3.8) is 0 Å². The fourth-order valence-corrected chi connectivity index (χ4v) is 0.472. The van der Waals surface area contributed by atoms with Crippen LogP contribution in [-0.2, 0) is 4.79 Å². The molecule has 54 valence electrons. The average Bonchev–Trinajstić information content (AvgIpc) is 1.87. The van der Waals surface area contributed by atoms with Gasteiger partial charge in [0.1, 0.15) is 5.78 Å². The molecule has 0 bridgehead atoms. The Morgan fingerprint density at radius 1 is 1.67 bits per heavy atom. The third-order valence-electron chi connectivity index (χ3n) is 1.07. The van der Waals surface area contributed by atoms with Gasteiger partial charge in [0.05, 0.1) is 12.7 Å². The van der Waals surface area contributed by atoms with Gasteiger partial charge in [-0.3, -0.25) is 4.79 Å². The van der Waals surface area contributed by atoms with Crippen LogP contribution in [-0.4, -0.2) is 28.7 Å². The SMILES string of the molecule is CCC(=O)C[C@H](O)CO. The van der Waals surface area contributed by atoms with E-state index in [1.807, 2.05) is 0 Å². The third kappa shape index (κ3) is 4.12. The number of hydrogen-bond acceptors (Lipinski definition) is 3. The Labute approximate surface area is 54.3 Å². The van der Waals surface area contributed by atoms with E-state index in [2.05, 4.69) is 0 Å². The first-order valence-corrected chi connectivity index (χ1v) is 3.01. The van der Waals surface area contributed by atoms with Gasteiger partial charge in [0.15, 0.2) is 0 Å². The minimum atomic E-state index is -0.863. The van der Waals surface area contributed by atoms with Gasteiger partial charge in [-0.25, -0.2) is 0 Å². The molecule has 2 N–H and O–H groups in total. The number of carbonyl (C=O) groups excluding carboxylic acids is 1. The maximum atomic E-state index is 10.5. The van der Waals surface area contributed by atoms with Crippen LogP contribution in [0.25, 0.3) is 0 Å². The molecule has 0 heterocycles. The van der Waals surface area contributed by atoms with Gasteiger partial charge < -0.3 is 10.2 Å². The Balaban J connectivity index is 3.34. The monoisotopic (exact) mass is 132 g/mol. The average molecular weight is 132 g/mol. The highest BCUT2D eigenvalue weighted by Crippen LogP contribution is 1.93. The smallest absolute Gasteiger partial charge is 0.135 e. The zero-order valence-corrected chi connectivity index (χ0v) is 5.50. The molecule has 0 aliphatic heterocycles. The van der Waals surface area contributed by atoms with Crippen molar-refractivity contribution in [2.75, 3.05) is 6.61 Å². The van der Waals surface area contributed by atoms with Crippen LogP contribution in [0.1, 0.15) is 19.8 Å². The Kier molecular flexibility index (Phi) is 4.26. The Morgan fingerprint density at radius 2 is 2.22 bits per heavy atom. The van der Waals surface area contributed by atoms with Crippen LogP contribution >= 0.6 is 0 Å². The Hall–Kier alpha value is -0.410. The lowest BCUT2D eigenvalue weighted by atomic mass is 10.1. The first-order valence-electron chi connectivity index (χ1n) is 3.01. The Morgan fingerprint density at radius 3 is 2.56 bits per heavy atom. The predicted octanol–water partition coefficient (Wildman–Crippen LogP) is -0.291. The van der Waals surface area contributed by atoms with Crippen molar-refractivity contribution in [3.8, 4) is 0 Å². The standard InChI is InChI=1S/C6H12O3/c1-2-5(8)3-6(9)4-7/h6-7,9H,2-4H2,1H3/t6-/m0/s1. The van der Waals surface area contributed by atoms with Gasteiger partial charge in [-0.1, -0.05) is 6.92 Å². The maximum Gasteiger partial charge on any atom is 0.135 e. The molecule has 0 aromatic rings. The van der Waals surface area contributed by atoms with E-state index < -0.39 is 6.10 Å². The van der Waals surface area contributed by atoms with Crippen LogP contribution in [0, 0.1) is 0 Å². The predicted molar refractivity (Wildman–Crippen MR) is 33.0 cm³/mol. The maximum absolute atomic E-state index is 10.5. The van der Waals surface area contributed by atoms with Gasteiger partial charge in [-0.15, -0.1) is 0 Å². The summed E-state index contributed by atoms with van der Waals surface area (Å²) in [5.41, 5.74) is 0. The highest BCUT2D eigenvalue weighted by molar-refractivity contribution is 5.78. The van der Waals surface area contributed by atoms with Crippen LogP contribution in [0.2, 0.25) is 0 Å². The lowest BCUT2D eigenvalue weighted by Gasteiger charge is -2.02. The molecule has 0 rings (SSSR count). The summed E-state index contributed by atoms with van der Waals surface area (Å²) in [6.07, 6.45) is -0.359. The number of carbonyl (C=O) groups is 1. The topological polar surface area (TPSA) is 57.5 Å². The molecule has 0 spiro atoms. The van der Waals surface area contributed by atoms with Crippen molar-refractivity contribution in [2.24, 2.45) is 0 Å².